The van der Waals surface area contributed by atoms with Gasteiger partial charge in [0.05, 0.1) is 6.26 Å². The highest BCUT2D eigenvalue weighted by Crippen LogP contribution is 2.16. The number of carbonyl (C=O) groups excluding carboxylic acids is 1. The SMILES string of the molecule is CC(C)N=c1ccccn1C(=O)CCc1nc(-c2ccco2)no1. The standard InChI is InChI=1S/C17H18N4O3/c1-12(2)18-14-7-3-4-10-21(14)16(22)9-8-15-19-17(20-24-15)13-6-5-11-23-13/h3-7,10-12H,8-9H2,1-2H3. The number of furan rings is 1. The van der Waals surface area contributed by atoms with Gasteiger partial charge in [-0.3, -0.25) is 14.4 Å². The Balaban J connectivity index is 1.71. The molecular formula is C17H18N4O3. The lowest BCUT2D eigenvalue weighted by atomic mass is 10.3. The van der Waals surface area contributed by atoms with Gasteiger partial charge in [-0.05, 0) is 38.1 Å². The van der Waals surface area contributed by atoms with Crippen LogP contribution in [0.25, 0.3) is 11.6 Å². The summed E-state index contributed by atoms with van der Waals surface area (Å²) in [5.41, 5.74) is 0.638. The second kappa shape index (κ2) is 7.08. The topological polar surface area (TPSA) is 86.4 Å². The third kappa shape index (κ3) is 3.68. The number of carbonyl (C=O) groups is 1. The molecule has 0 bridgehead atoms. The fourth-order valence-corrected chi connectivity index (χ4v) is 2.21. The average molecular weight is 326 g/mol. The van der Waals surface area contributed by atoms with Crippen LogP contribution in [-0.2, 0) is 6.42 Å². The van der Waals surface area contributed by atoms with Gasteiger partial charge in [-0.2, -0.15) is 4.98 Å². The molecule has 0 spiro atoms. The van der Waals surface area contributed by atoms with E-state index in [1.165, 1.54) is 0 Å². The number of hydrogen-bond donors (Lipinski definition) is 0. The van der Waals surface area contributed by atoms with E-state index in [0.29, 0.717) is 29.4 Å². The van der Waals surface area contributed by atoms with Crippen LogP contribution in [0.15, 0.2) is 56.7 Å². The summed E-state index contributed by atoms with van der Waals surface area (Å²) < 4.78 is 11.9. The maximum Gasteiger partial charge on any atom is 0.238 e. The summed E-state index contributed by atoms with van der Waals surface area (Å²) in [6, 6.07) is 9.09. The Labute approximate surface area is 138 Å². The summed E-state index contributed by atoms with van der Waals surface area (Å²) >= 11 is 0. The third-order valence-corrected chi connectivity index (χ3v) is 3.26. The zero-order valence-corrected chi connectivity index (χ0v) is 13.5. The first kappa shape index (κ1) is 15.9. The number of nitrogens with zero attached hydrogens (tertiary/aromatic N) is 4. The van der Waals surface area contributed by atoms with Gasteiger partial charge < -0.3 is 8.94 Å². The summed E-state index contributed by atoms with van der Waals surface area (Å²) in [5, 5.41) is 3.85. The van der Waals surface area contributed by atoms with E-state index in [2.05, 4.69) is 15.1 Å². The van der Waals surface area contributed by atoms with E-state index in [0.717, 1.165) is 0 Å². The van der Waals surface area contributed by atoms with Crippen molar-refractivity contribution >= 4 is 5.91 Å². The number of hydrogen-bond acceptors (Lipinski definition) is 6. The molecular weight excluding hydrogens is 308 g/mol. The Morgan fingerprint density at radius 2 is 2.17 bits per heavy atom. The molecule has 0 N–H and O–H groups in total. The Bertz CT molecular complexity index is 875. The first-order valence-corrected chi connectivity index (χ1v) is 7.74. The monoisotopic (exact) mass is 326 g/mol. The molecule has 0 aliphatic rings. The van der Waals surface area contributed by atoms with Gasteiger partial charge in [-0.1, -0.05) is 11.2 Å². The number of aromatic nitrogens is 3. The number of aryl methyl sites for hydroxylation is 1. The minimum atomic E-state index is -0.0762. The minimum Gasteiger partial charge on any atom is -0.461 e. The van der Waals surface area contributed by atoms with Crippen molar-refractivity contribution in [1.82, 2.24) is 14.7 Å². The zero-order chi connectivity index (χ0) is 16.9. The lowest BCUT2D eigenvalue weighted by Crippen LogP contribution is -2.27. The minimum absolute atomic E-state index is 0.0762. The fraction of sp³-hybridized carbons (Fsp3) is 0.294. The second-order valence-electron chi connectivity index (χ2n) is 5.53. The maximum absolute atomic E-state index is 12.5. The highest BCUT2D eigenvalue weighted by atomic mass is 16.5. The molecule has 7 nitrogen and oxygen atoms in total. The Kier molecular flexibility index (Phi) is 4.69. The van der Waals surface area contributed by atoms with Crippen molar-refractivity contribution in [2.45, 2.75) is 32.7 Å². The van der Waals surface area contributed by atoms with Crippen LogP contribution in [0, 0.1) is 0 Å². The molecule has 0 atom stereocenters. The lowest BCUT2D eigenvalue weighted by Gasteiger charge is -2.06. The van der Waals surface area contributed by atoms with E-state index in [1.807, 2.05) is 26.0 Å². The van der Waals surface area contributed by atoms with Crippen LogP contribution in [-0.4, -0.2) is 26.7 Å². The molecule has 24 heavy (non-hydrogen) atoms. The molecule has 0 amide bonds. The van der Waals surface area contributed by atoms with E-state index in [-0.39, 0.29) is 18.4 Å². The first-order chi connectivity index (χ1) is 11.6. The summed E-state index contributed by atoms with van der Waals surface area (Å²) in [6.07, 6.45) is 3.86. The van der Waals surface area contributed by atoms with Crippen molar-refractivity contribution in [1.29, 1.82) is 0 Å². The molecule has 124 valence electrons. The quantitative estimate of drug-likeness (QED) is 0.719. The number of rotatable bonds is 5. The van der Waals surface area contributed by atoms with Crippen LogP contribution in [0.3, 0.4) is 0 Å². The maximum atomic E-state index is 12.5. The van der Waals surface area contributed by atoms with Crippen molar-refractivity contribution in [3.8, 4) is 11.6 Å². The molecule has 0 saturated heterocycles. The van der Waals surface area contributed by atoms with Crippen LogP contribution in [0.2, 0.25) is 0 Å². The van der Waals surface area contributed by atoms with Crippen LogP contribution < -0.4 is 5.49 Å². The van der Waals surface area contributed by atoms with Gasteiger partial charge in [0.2, 0.25) is 17.6 Å². The van der Waals surface area contributed by atoms with Crippen molar-refractivity contribution in [3.05, 3.63) is 54.2 Å². The summed E-state index contributed by atoms with van der Waals surface area (Å²) in [6.45, 7) is 3.94. The molecule has 7 heteroatoms. The number of pyridine rings is 1. The van der Waals surface area contributed by atoms with Gasteiger partial charge in [-0.25, -0.2) is 0 Å². The first-order valence-electron chi connectivity index (χ1n) is 7.74. The summed E-state index contributed by atoms with van der Waals surface area (Å²) in [5.74, 6) is 1.23. The van der Waals surface area contributed by atoms with E-state index >= 15 is 0 Å². The normalized spacial score (nSPS) is 12.0. The van der Waals surface area contributed by atoms with Crippen LogP contribution in [0.4, 0.5) is 0 Å². The predicted octanol–water partition coefficient (Wildman–Crippen LogP) is 2.71. The third-order valence-electron chi connectivity index (χ3n) is 3.26. The molecule has 0 unspecified atom stereocenters. The van der Waals surface area contributed by atoms with Gasteiger partial charge in [0.1, 0.15) is 5.49 Å². The van der Waals surface area contributed by atoms with Crippen LogP contribution >= 0.6 is 0 Å². The van der Waals surface area contributed by atoms with Crippen molar-refractivity contribution in [2.75, 3.05) is 0 Å². The summed E-state index contributed by atoms with van der Waals surface area (Å²) in [4.78, 5) is 21.1. The van der Waals surface area contributed by atoms with E-state index in [1.54, 1.807) is 35.2 Å². The second-order valence-corrected chi connectivity index (χ2v) is 5.53. The lowest BCUT2D eigenvalue weighted by molar-refractivity contribution is 0.0894. The van der Waals surface area contributed by atoms with Crippen molar-refractivity contribution in [2.24, 2.45) is 4.99 Å². The highest BCUT2D eigenvalue weighted by Gasteiger charge is 2.13. The Hall–Kier alpha value is -2.96. The molecule has 0 fully saturated rings. The Morgan fingerprint density at radius 3 is 2.92 bits per heavy atom. The molecule has 0 saturated carbocycles. The molecule has 0 aromatic carbocycles. The molecule has 3 rings (SSSR count). The van der Waals surface area contributed by atoms with Crippen molar-refractivity contribution < 1.29 is 13.7 Å². The Morgan fingerprint density at radius 1 is 1.29 bits per heavy atom. The van der Waals surface area contributed by atoms with Gasteiger partial charge in [0.15, 0.2) is 5.76 Å². The molecule has 0 radical (unpaired) electrons. The fourth-order valence-electron chi connectivity index (χ4n) is 2.21. The smallest absolute Gasteiger partial charge is 0.238 e. The van der Waals surface area contributed by atoms with Gasteiger partial charge in [0, 0.05) is 25.1 Å². The molecule has 3 heterocycles. The molecule has 3 aromatic rings. The van der Waals surface area contributed by atoms with Gasteiger partial charge >= 0.3 is 0 Å². The van der Waals surface area contributed by atoms with E-state index in [9.17, 15) is 4.79 Å². The van der Waals surface area contributed by atoms with Gasteiger partial charge in [-0.15, -0.1) is 0 Å². The largest absolute Gasteiger partial charge is 0.461 e. The van der Waals surface area contributed by atoms with Gasteiger partial charge in [0.25, 0.3) is 0 Å². The van der Waals surface area contributed by atoms with E-state index in [4.69, 9.17) is 8.94 Å². The molecule has 3 aromatic heterocycles. The van der Waals surface area contributed by atoms with Crippen LogP contribution in [0.5, 0.6) is 0 Å². The zero-order valence-electron chi connectivity index (χ0n) is 13.5. The van der Waals surface area contributed by atoms with Crippen LogP contribution in [0.1, 0.15) is 31.0 Å². The predicted molar refractivity (Wildman–Crippen MR) is 86.1 cm³/mol. The molecule has 0 aliphatic heterocycles. The summed E-state index contributed by atoms with van der Waals surface area (Å²) in [7, 11) is 0. The van der Waals surface area contributed by atoms with Crippen molar-refractivity contribution in [3.63, 3.8) is 0 Å². The molecule has 0 aliphatic carbocycles. The average Bonchev–Trinajstić information content (AvgIpc) is 3.24. The highest BCUT2D eigenvalue weighted by molar-refractivity contribution is 5.78. The van der Waals surface area contributed by atoms with E-state index < -0.39 is 0 Å².